The molecule has 0 radical (unpaired) electrons. The molecule has 1 unspecified atom stereocenters. The molecule has 0 amide bonds. The minimum Gasteiger partial charge on any atom is -0.481 e. The Morgan fingerprint density at radius 1 is 1.47 bits per heavy atom. The monoisotopic (exact) mass is 266 g/mol. The highest BCUT2D eigenvalue weighted by Gasteiger charge is 2.27. The first-order valence-electron chi connectivity index (χ1n) is 7.03. The molecule has 1 rings (SSSR count). The average molecular weight is 266 g/mol. The van der Waals surface area contributed by atoms with Crippen LogP contribution in [-0.2, 0) is 11.3 Å². The second kappa shape index (κ2) is 6.75. The lowest BCUT2D eigenvalue weighted by atomic mass is 9.94. The number of carboxylic acid groups (broad SMARTS) is 1. The fourth-order valence-corrected chi connectivity index (χ4v) is 2.10. The minimum absolute atomic E-state index is 0.356. The summed E-state index contributed by atoms with van der Waals surface area (Å²) in [6.07, 6.45) is 6.17. The maximum absolute atomic E-state index is 11.1. The molecule has 0 aliphatic carbocycles. The molecule has 1 aromatic heterocycles. The highest BCUT2D eigenvalue weighted by atomic mass is 16.4. The van der Waals surface area contributed by atoms with Crippen LogP contribution in [0.15, 0.2) is 18.5 Å². The van der Waals surface area contributed by atoms with Gasteiger partial charge >= 0.3 is 5.97 Å². The van der Waals surface area contributed by atoms with Gasteiger partial charge in [0.15, 0.2) is 0 Å². The maximum Gasteiger partial charge on any atom is 0.310 e. The topological polar surface area (TPSA) is 54.3 Å². The van der Waals surface area contributed by atoms with Gasteiger partial charge in [0.2, 0.25) is 0 Å². The molecule has 1 atom stereocenters. The summed E-state index contributed by atoms with van der Waals surface area (Å²) in [5.41, 5.74) is 0.492. The van der Waals surface area contributed by atoms with Crippen LogP contribution in [0.3, 0.4) is 0 Å². The van der Waals surface area contributed by atoms with Gasteiger partial charge in [0.1, 0.15) is 0 Å². The summed E-state index contributed by atoms with van der Waals surface area (Å²) in [6.45, 7) is 9.31. The van der Waals surface area contributed by atoms with E-state index in [9.17, 15) is 4.79 Å². The Hall–Kier alpha value is -1.29. The van der Waals surface area contributed by atoms with Crippen molar-refractivity contribution in [2.24, 2.45) is 5.41 Å². The van der Waals surface area contributed by atoms with Gasteiger partial charge in [-0.2, -0.15) is 0 Å². The van der Waals surface area contributed by atoms with Crippen molar-refractivity contribution in [3.05, 3.63) is 24.0 Å². The van der Waals surface area contributed by atoms with Crippen molar-refractivity contribution in [3.8, 4) is 0 Å². The summed E-state index contributed by atoms with van der Waals surface area (Å²) in [6, 6.07) is 2.43. The van der Waals surface area contributed by atoms with Crippen molar-refractivity contribution in [3.63, 3.8) is 0 Å². The number of nitrogens with one attached hydrogen (secondary N) is 1. The second-order valence-electron chi connectivity index (χ2n) is 5.72. The lowest BCUT2D eigenvalue weighted by molar-refractivity contribution is -0.147. The zero-order valence-corrected chi connectivity index (χ0v) is 12.4. The highest BCUT2D eigenvalue weighted by molar-refractivity contribution is 5.73. The zero-order valence-electron chi connectivity index (χ0n) is 12.4. The Morgan fingerprint density at radius 2 is 2.16 bits per heavy atom. The molecule has 1 heterocycles. The standard InChI is InChI=1S/C15H26N2O2/c1-5-8-16-13(6-2)12-7-9-17(10-12)11-15(3,4)14(18)19/h7,9-10,13,16H,5-6,8,11H2,1-4H3,(H,18,19). The van der Waals surface area contributed by atoms with E-state index in [1.54, 1.807) is 13.8 Å². The normalized spacial score (nSPS) is 13.5. The van der Waals surface area contributed by atoms with Gasteiger partial charge in [0, 0.05) is 25.0 Å². The third-order valence-electron chi connectivity index (χ3n) is 3.38. The summed E-state index contributed by atoms with van der Waals surface area (Å²) < 4.78 is 1.97. The molecule has 1 aromatic rings. The van der Waals surface area contributed by atoms with E-state index in [0.29, 0.717) is 12.6 Å². The van der Waals surface area contributed by atoms with Crippen molar-refractivity contribution in [2.75, 3.05) is 6.54 Å². The Bertz CT molecular complexity index is 410. The van der Waals surface area contributed by atoms with Crippen LogP contribution in [0.2, 0.25) is 0 Å². The third-order valence-corrected chi connectivity index (χ3v) is 3.38. The van der Waals surface area contributed by atoms with E-state index in [1.807, 2.05) is 10.8 Å². The van der Waals surface area contributed by atoms with Gasteiger partial charge in [-0.25, -0.2) is 0 Å². The first-order chi connectivity index (χ1) is 8.90. The molecule has 19 heavy (non-hydrogen) atoms. The predicted octanol–water partition coefficient (Wildman–Crippen LogP) is 3.05. The summed E-state index contributed by atoms with van der Waals surface area (Å²) in [4.78, 5) is 11.1. The number of hydrogen-bond acceptors (Lipinski definition) is 2. The number of hydrogen-bond donors (Lipinski definition) is 2. The number of carboxylic acids is 1. The van der Waals surface area contributed by atoms with Crippen LogP contribution in [0, 0.1) is 5.41 Å². The molecule has 0 aromatic carbocycles. The molecule has 0 bridgehead atoms. The molecule has 0 saturated heterocycles. The van der Waals surface area contributed by atoms with Gasteiger partial charge in [-0.3, -0.25) is 4.79 Å². The van der Waals surface area contributed by atoms with Gasteiger partial charge in [-0.05, 0) is 44.9 Å². The largest absolute Gasteiger partial charge is 0.481 e. The molecule has 0 saturated carbocycles. The first-order valence-corrected chi connectivity index (χ1v) is 7.03. The number of aliphatic carboxylic acids is 1. The van der Waals surface area contributed by atoms with Crippen LogP contribution >= 0.6 is 0 Å². The molecule has 0 spiro atoms. The summed E-state index contributed by atoms with van der Waals surface area (Å²) in [5.74, 6) is -0.765. The molecule has 2 N–H and O–H groups in total. The second-order valence-corrected chi connectivity index (χ2v) is 5.72. The van der Waals surface area contributed by atoms with E-state index in [2.05, 4.69) is 31.4 Å². The lowest BCUT2D eigenvalue weighted by Gasteiger charge is -2.20. The average Bonchev–Trinajstić information content (AvgIpc) is 2.77. The molecule has 0 aliphatic heterocycles. The van der Waals surface area contributed by atoms with E-state index in [1.165, 1.54) is 5.56 Å². The van der Waals surface area contributed by atoms with Gasteiger partial charge in [0.25, 0.3) is 0 Å². The van der Waals surface area contributed by atoms with Crippen molar-refractivity contribution < 1.29 is 9.90 Å². The van der Waals surface area contributed by atoms with Gasteiger partial charge in [-0.1, -0.05) is 13.8 Å². The fraction of sp³-hybridized carbons (Fsp3) is 0.667. The number of rotatable bonds is 8. The van der Waals surface area contributed by atoms with Crippen LogP contribution in [0.25, 0.3) is 0 Å². The Kier molecular flexibility index (Phi) is 5.60. The Morgan fingerprint density at radius 3 is 2.68 bits per heavy atom. The van der Waals surface area contributed by atoms with Crippen molar-refractivity contribution in [1.82, 2.24) is 9.88 Å². The van der Waals surface area contributed by atoms with Crippen LogP contribution in [0.1, 0.15) is 52.1 Å². The van der Waals surface area contributed by atoms with Crippen LogP contribution in [0.5, 0.6) is 0 Å². The Balaban J connectivity index is 2.73. The minimum atomic E-state index is -0.765. The van der Waals surface area contributed by atoms with Crippen molar-refractivity contribution in [2.45, 2.75) is 53.1 Å². The molecule has 4 nitrogen and oxygen atoms in total. The summed E-state index contributed by atoms with van der Waals surface area (Å²) in [5, 5.41) is 12.7. The molecular formula is C15H26N2O2. The quantitative estimate of drug-likeness (QED) is 0.760. The molecular weight excluding hydrogens is 240 g/mol. The van der Waals surface area contributed by atoms with Gasteiger partial charge < -0.3 is 15.0 Å². The zero-order chi connectivity index (χ0) is 14.5. The highest BCUT2D eigenvalue weighted by Crippen LogP contribution is 2.22. The van der Waals surface area contributed by atoms with Crippen molar-refractivity contribution in [1.29, 1.82) is 0 Å². The fourth-order valence-electron chi connectivity index (χ4n) is 2.10. The number of carbonyl (C=O) groups is 1. The first kappa shape index (κ1) is 15.8. The van der Waals surface area contributed by atoms with E-state index in [-0.39, 0.29) is 0 Å². The van der Waals surface area contributed by atoms with E-state index >= 15 is 0 Å². The smallest absolute Gasteiger partial charge is 0.310 e. The number of nitrogens with zero attached hydrogens (tertiary/aromatic N) is 1. The molecule has 108 valence electrons. The van der Waals surface area contributed by atoms with Gasteiger partial charge in [0.05, 0.1) is 5.41 Å². The summed E-state index contributed by atoms with van der Waals surface area (Å²) >= 11 is 0. The van der Waals surface area contributed by atoms with E-state index in [0.717, 1.165) is 19.4 Å². The number of aromatic nitrogens is 1. The SMILES string of the molecule is CCCNC(CC)c1ccn(CC(C)(C)C(=O)O)c1. The third kappa shape index (κ3) is 4.39. The molecule has 0 fully saturated rings. The van der Waals surface area contributed by atoms with E-state index in [4.69, 9.17) is 5.11 Å². The molecule has 4 heteroatoms. The predicted molar refractivity (Wildman–Crippen MR) is 77.2 cm³/mol. The Labute approximate surface area is 115 Å². The van der Waals surface area contributed by atoms with Crippen LogP contribution in [-0.4, -0.2) is 22.2 Å². The maximum atomic E-state index is 11.1. The van der Waals surface area contributed by atoms with Gasteiger partial charge in [-0.15, -0.1) is 0 Å². The lowest BCUT2D eigenvalue weighted by Crippen LogP contribution is -2.28. The molecule has 0 aliphatic rings. The van der Waals surface area contributed by atoms with Crippen molar-refractivity contribution >= 4 is 5.97 Å². The van der Waals surface area contributed by atoms with Crippen LogP contribution in [0.4, 0.5) is 0 Å². The van der Waals surface area contributed by atoms with E-state index < -0.39 is 11.4 Å². The summed E-state index contributed by atoms with van der Waals surface area (Å²) in [7, 11) is 0. The van der Waals surface area contributed by atoms with Crippen LogP contribution < -0.4 is 5.32 Å².